The predicted molar refractivity (Wildman–Crippen MR) is 67.8 cm³/mol. The highest BCUT2D eigenvalue weighted by atomic mass is 32.2. The molecule has 0 aromatic carbocycles. The number of ether oxygens (including phenoxy) is 1. The lowest BCUT2D eigenvalue weighted by Gasteiger charge is -2.35. The van der Waals surface area contributed by atoms with E-state index in [0.717, 1.165) is 6.42 Å². The predicted octanol–water partition coefficient (Wildman–Crippen LogP) is -0.0525. The Bertz CT molecular complexity index is 528. The summed E-state index contributed by atoms with van der Waals surface area (Å²) in [4.78, 5) is 0. The van der Waals surface area contributed by atoms with Crippen LogP contribution < -0.4 is 0 Å². The van der Waals surface area contributed by atoms with E-state index in [1.807, 2.05) is 6.92 Å². The number of hydrogen-bond donors (Lipinski definition) is 2. The minimum Gasteiger partial charge on any atom is -0.392 e. The van der Waals surface area contributed by atoms with Crippen molar-refractivity contribution in [2.24, 2.45) is 5.92 Å². The number of aromatic nitrogens is 2. The Morgan fingerprint density at radius 3 is 3.00 bits per heavy atom. The molecule has 1 aromatic rings. The summed E-state index contributed by atoms with van der Waals surface area (Å²) in [6, 6.07) is 0. The first-order chi connectivity index (χ1) is 9.00. The molecular formula is C11H19N3O4S. The number of H-pyrrole nitrogens is 1. The maximum absolute atomic E-state index is 12.5. The summed E-state index contributed by atoms with van der Waals surface area (Å²) < 4.78 is 31.7. The van der Waals surface area contributed by atoms with Crippen LogP contribution in [0.3, 0.4) is 0 Å². The molecule has 8 heteroatoms. The lowest BCUT2D eigenvalue weighted by molar-refractivity contribution is 0.0183. The molecule has 1 aliphatic rings. The van der Waals surface area contributed by atoms with Gasteiger partial charge >= 0.3 is 0 Å². The molecule has 1 aromatic heterocycles. The molecule has 0 saturated carbocycles. The zero-order chi connectivity index (χ0) is 14.0. The third-order valence-corrected chi connectivity index (χ3v) is 5.48. The minimum atomic E-state index is -3.65. The number of aromatic amines is 1. The molecule has 0 spiro atoms. The van der Waals surface area contributed by atoms with Gasteiger partial charge in [0.1, 0.15) is 0 Å². The van der Waals surface area contributed by atoms with Crippen LogP contribution in [0.15, 0.2) is 11.2 Å². The van der Waals surface area contributed by atoms with Gasteiger partial charge in [-0.3, -0.25) is 5.10 Å². The Balaban J connectivity index is 2.25. The van der Waals surface area contributed by atoms with Crippen LogP contribution in [0.2, 0.25) is 0 Å². The van der Waals surface area contributed by atoms with Crippen molar-refractivity contribution in [1.29, 1.82) is 0 Å². The molecule has 19 heavy (non-hydrogen) atoms. The molecule has 2 rings (SSSR count). The SMILES string of the molecule is COC1CN(S(=O)(=O)c2[nH]ncc2CO)CCC1C. The standard InChI is InChI=1S/C11H19N3O4S/c1-8-3-4-14(6-10(8)18-2)19(16,17)11-9(7-15)5-12-13-11/h5,8,10,15H,3-4,6-7H2,1-2H3,(H,12,13). The van der Waals surface area contributed by atoms with Crippen LogP contribution in [0, 0.1) is 5.92 Å². The molecule has 2 atom stereocenters. The van der Waals surface area contributed by atoms with Gasteiger partial charge in [-0.25, -0.2) is 8.42 Å². The van der Waals surface area contributed by atoms with Crippen molar-refractivity contribution in [2.45, 2.75) is 31.1 Å². The van der Waals surface area contributed by atoms with Crippen LogP contribution in [0.5, 0.6) is 0 Å². The second-order valence-electron chi connectivity index (χ2n) is 4.79. The van der Waals surface area contributed by atoms with E-state index in [-0.39, 0.29) is 23.3 Å². The van der Waals surface area contributed by atoms with Crippen molar-refractivity contribution in [3.63, 3.8) is 0 Å². The number of methoxy groups -OCH3 is 1. The van der Waals surface area contributed by atoms with E-state index in [4.69, 9.17) is 9.84 Å². The van der Waals surface area contributed by atoms with E-state index in [1.54, 1.807) is 7.11 Å². The van der Waals surface area contributed by atoms with Crippen LogP contribution >= 0.6 is 0 Å². The Hall–Kier alpha value is -0.960. The quantitative estimate of drug-likeness (QED) is 0.810. The lowest BCUT2D eigenvalue weighted by atomic mass is 9.97. The molecule has 108 valence electrons. The normalized spacial score (nSPS) is 25.6. The zero-order valence-electron chi connectivity index (χ0n) is 11.0. The highest BCUT2D eigenvalue weighted by Gasteiger charge is 2.35. The first-order valence-corrected chi connectivity index (χ1v) is 7.60. The van der Waals surface area contributed by atoms with Gasteiger partial charge in [-0.05, 0) is 12.3 Å². The smallest absolute Gasteiger partial charge is 0.260 e. The Labute approximate surface area is 112 Å². The third-order valence-electron chi connectivity index (χ3n) is 3.60. The Morgan fingerprint density at radius 1 is 1.63 bits per heavy atom. The summed E-state index contributed by atoms with van der Waals surface area (Å²) in [6.07, 6.45) is 1.97. The second-order valence-corrected chi connectivity index (χ2v) is 6.66. The van der Waals surface area contributed by atoms with Crippen molar-refractivity contribution in [1.82, 2.24) is 14.5 Å². The van der Waals surface area contributed by atoms with Gasteiger partial charge in [0.25, 0.3) is 10.0 Å². The summed E-state index contributed by atoms with van der Waals surface area (Å²) in [5, 5.41) is 15.3. The molecule has 2 N–H and O–H groups in total. The molecule has 0 radical (unpaired) electrons. The van der Waals surface area contributed by atoms with Crippen molar-refractivity contribution in [2.75, 3.05) is 20.2 Å². The molecule has 7 nitrogen and oxygen atoms in total. The maximum atomic E-state index is 12.5. The van der Waals surface area contributed by atoms with Crippen molar-refractivity contribution in [3.05, 3.63) is 11.8 Å². The van der Waals surface area contributed by atoms with Gasteiger partial charge in [-0.2, -0.15) is 9.40 Å². The van der Waals surface area contributed by atoms with E-state index in [0.29, 0.717) is 19.0 Å². The van der Waals surface area contributed by atoms with Crippen molar-refractivity contribution < 1.29 is 18.3 Å². The highest BCUT2D eigenvalue weighted by Crippen LogP contribution is 2.25. The number of piperidine rings is 1. The number of hydrogen-bond acceptors (Lipinski definition) is 5. The van der Waals surface area contributed by atoms with Crippen LogP contribution in [0.4, 0.5) is 0 Å². The average molecular weight is 289 g/mol. The molecule has 0 bridgehead atoms. The number of aliphatic hydroxyl groups excluding tert-OH is 1. The molecule has 1 fully saturated rings. The van der Waals surface area contributed by atoms with Crippen molar-refractivity contribution in [3.8, 4) is 0 Å². The largest absolute Gasteiger partial charge is 0.392 e. The van der Waals surface area contributed by atoms with Crippen molar-refractivity contribution >= 4 is 10.0 Å². The summed E-state index contributed by atoms with van der Waals surface area (Å²) in [7, 11) is -2.06. The second kappa shape index (κ2) is 5.58. The van der Waals surface area contributed by atoms with Crippen LogP contribution in [0.1, 0.15) is 18.9 Å². The van der Waals surface area contributed by atoms with Gasteiger partial charge < -0.3 is 9.84 Å². The van der Waals surface area contributed by atoms with Crippen LogP contribution in [0.25, 0.3) is 0 Å². The van der Waals surface area contributed by atoms with Gasteiger partial charge in [0.2, 0.25) is 0 Å². The van der Waals surface area contributed by atoms with E-state index in [2.05, 4.69) is 10.2 Å². The molecule has 0 amide bonds. The van der Waals surface area contributed by atoms with E-state index >= 15 is 0 Å². The van der Waals surface area contributed by atoms with Gasteiger partial charge in [-0.1, -0.05) is 6.92 Å². The lowest BCUT2D eigenvalue weighted by Crippen LogP contribution is -2.46. The van der Waals surface area contributed by atoms with Gasteiger partial charge in [0.15, 0.2) is 5.03 Å². The fourth-order valence-corrected chi connectivity index (χ4v) is 3.86. The topological polar surface area (TPSA) is 95.5 Å². The maximum Gasteiger partial charge on any atom is 0.260 e. The molecule has 2 heterocycles. The fraction of sp³-hybridized carbons (Fsp3) is 0.727. The first kappa shape index (κ1) is 14.4. The van der Waals surface area contributed by atoms with E-state index in [9.17, 15) is 8.42 Å². The van der Waals surface area contributed by atoms with Crippen LogP contribution in [-0.2, 0) is 21.4 Å². The Morgan fingerprint density at radius 2 is 2.37 bits per heavy atom. The van der Waals surface area contributed by atoms with E-state index in [1.165, 1.54) is 10.5 Å². The molecular weight excluding hydrogens is 270 g/mol. The van der Waals surface area contributed by atoms with Gasteiger partial charge in [0.05, 0.1) is 18.9 Å². The summed E-state index contributed by atoms with van der Waals surface area (Å²) in [5.41, 5.74) is 0.285. The number of sulfonamides is 1. The average Bonchev–Trinajstić information content (AvgIpc) is 2.88. The number of nitrogens with zero attached hydrogens (tertiary/aromatic N) is 2. The summed E-state index contributed by atoms with van der Waals surface area (Å²) >= 11 is 0. The summed E-state index contributed by atoms with van der Waals surface area (Å²) in [6.45, 7) is 2.47. The third kappa shape index (κ3) is 2.66. The summed E-state index contributed by atoms with van der Waals surface area (Å²) in [5.74, 6) is 0.329. The molecule has 0 aliphatic carbocycles. The van der Waals surface area contributed by atoms with E-state index < -0.39 is 10.0 Å². The van der Waals surface area contributed by atoms with Gasteiger partial charge in [0, 0.05) is 25.8 Å². The molecule has 1 saturated heterocycles. The van der Waals surface area contributed by atoms with Gasteiger partial charge in [-0.15, -0.1) is 0 Å². The highest BCUT2D eigenvalue weighted by molar-refractivity contribution is 7.89. The number of nitrogens with one attached hydrogen (secondary N) is 1. The number of aliphatic hydroxyl groups is 1. The first-order valence-electron chi connectivity index (χ1n) is 6.16. The Kier molecular flexibility index (Phi) is 4.24. The fourth-order valence-electron chi connectivity index (χ4n) is 2.29. The van der Waals surface area contributed by atoms with Crippen LogP contribution in [-0.4, -0.2) is 54.3 Å². The molecule has 1 aliphatic heterocycles. The zero-order valence-corrected chi connectivity index (χ0v) is 11.9. The minimum absolute atomic E-state index is 0.0283. The monoisotopic (exact) mass is 289 g/mol. The molecule has 2 unspecified atom stereocenters. The number of rotatable bonds is 4.